The van der Waals surface area contributed by atoms with Crippen LogP contribution in [0.3, 0.4) is 0 Å². The van der Waals surface area contributed by atoms with Gasteiger partial charge in [-0.3, -0.25) is 0 Å². The number of hydrogen-bond donors (Lipinski definition) is 1. The summed E-state index contributed by atoms with van der Waals surface area (Å²) < 4.78 is 5.59. The van der Waals surface area contributed by atoms with Crippen molar-refractivity contribution in [2.45, 2.75) is 32.4 Å². The third-order valence-electron chi connectivity index (χ3n) is 2.31. The van der Waals surface area contributed by atoms with Crippen molar-refractivity contribution in [3.63, 3.8) is 0 Å². The first-order valence-corrected chi connectivity index (χ1v) is 6.56. The van der Waals surface area contributed by atoms with Gasteiger partial charge in [-0.1, -0.05) is 13.8 Å². The lowest BCUT2D eigenvalue weighted by Crippen LogP contribution is -2.09. The maximum atomic E-state index is 5.75. The van der Waals surface area contributed by atoms with Gasteiger partial charge in [0.2, 0.25) is 0 Å². The monoisotopic (exact) mass is 227 g/mol. The van der Waals surface area contributed by atoms with Gasteiger partial charge in [-0.2, -0.15) is 0 Å². The van der Waals surface area contributed by atoms with Crippen molar-refractivity contribution in [1.29, 1.82) is 0 Å². The highest BCUT2D eigenvalue weighted by atomic mass is 32.2. The summed E-state index contributed by atoms with van der Waals surface area (Å²) in [7, 11) is 0. The molecule has 1 unspecified atom stereocenters. The molecule has 0 saturated heterocycles. The molecule has 1 atom stereocenters. The minimum absolute atomic E-state index is 0.317. The molecule has 86 valence electrons. The Hall–Kier alpha value is -0.410. The van der Waals surface area contributed by atoms with Crippen LogP contribution in [-0.2, 0) is 0 Å². The van der Waals surface area contributed by atoms with E-state index in [4.69, 9.17) is 10.2 Å². The molecule has 2 N–H and O–H groups in total. The van der Waals surface area contributed by atoms with Crippen LogP contribution in [0.4, 0.5) is 0 Å². The summed E-state index contributed by atoms with van der Waals surface area (Å²) in [4.78, 5) is 0. The second kappa shape index (κ2) is 6.23. The van der Waals surface area contributed by atoms with Gasteiger partial charge >= 0.3 is 0 Å². The molecule has 1 rings (SSSR count). The summed E-state index contributed by atoms with van der Waals surface area (Å²) in [5.74, 6) is 3.89. The summed E-state index contributed by atoms with van der Waals surface area (Å²) >= 11 is 1.90. The fourth-order valence-corrected chi connectivity index (χ4v) is 2.66. The molecule has 2 nitrogen and oxygen atoms in total. The molecule has 0 spiro atoms. The summed E-state index contributed by atoms with van der Waals surface area (Å²) in [6.07, 6.45) is 1.24. The van der Waals surface area contributed by atoms with Gasteiger partial charge < -0.3 is 10.2 Å². The molecule has 0 aliphatic rings. The number of hydrogen-bond acceptors (Lipinski definition) is 3. The fourth-order valence-electron chi connectivity index (χ4n) is 1.34. The lowest BCUT2D eigenvalue weighted by atomic mass is 10.2. The molecule has 0 aliphatic heterocycles. The zero-order valence-electron chi connectivity index (χ0n) is 9.82. The highest BCUT2D eigenvalue weighted by Crippen LogP contribution is 2.30. The average molecular weight is 227 g/mol. The molecule has 0 radical (unpaired) electrons. The van der Waals surface area contributed by atoms with Crippen molar-refractivity contribution in [2.75, 3.05) is 12.3 Å². The van der Waals surface area contributed by atoms with E-state index in [-0.39, 0.29) is 0 Å². The summed E-state index contributed by atoms with van der Waals surface area (Å²) in [6, 6.07) is 4.04. The third kappa shape index (κ3) is 4.31. The smallest absolute Gasteiger partial charge is 0.118 e. The molecule has 0 aliphatic carbocycles. The minimum Gasteiger partial charge on any atom is -0.465 e. The van der Waals surface area contributed by atoms with Gasteiger partial charge in [-0.05, 0) is 37.1 Å². The van der Waals surface area contributed by atoms with Crippen LogP contribution in [0.2, 0.25) is 0 Å². The molecule has 15 heavy (non-hydrogen) atoms. The van der Waals surface area contributed by atoms with Gasteiger partial charge in [0.25, 0.3) is 0 Å². The van der Waals surface area contributed by atoms with E-state index in [1.165, 1.54) is 6.42 Å². The van der Waals surface area contributed by atoms with E-state index in [1.54, 1.807) is 0 Å². The van der Waals surface area contributed by atoms with Gasteiger partial charge in [0.15, 0.2) is 0 Å². The van der Waals surface area contributed by atoms with Crippen LogP contribution in [0.15, 0.2) is 16.5 Å². The first-order valence-electron chi connectivity index (χ1n) is 5.51. The Labute approximate surface area is 96.6 Å². The SMILES string of the molecule is Cc1ccc(C(CN)SCCC(C)C)o1. The third-order valence-corrected chi connectivity index (χ3v) is 3.61. The second-order valence-electron chi connectivity index (χ2n) is 4.23. The Bertz CT molecular complexity index is 283. The van der Waals surface area contributed by atoms with E-state index >= 15 is 0 Å². The maximum absolute atomic E-state index is 5.75. The molecule has 1 aromatic heterocycles. The molecular formula is C12H21NOS. The lowest BCUT2D eigenvalue weighted by molar-refractivity contribution is 0.481. The van der Waals surface area contributed by atoms with Crippen LogP contribution in [-0.4, -0.2) is 12.3 Å². The number of aryl methyl sites for hydroxylation is 1. The zero-order chi connectivity index (χ0) is 11.3. The highest BCUT2D eigenvalue weighted by molar-refractivity contribution is 7.99. The Balaban J connectivity index is 2.42. The van der Waals surface area contributed by atoms with Crippen LogP contribution < -0.4 is 5.73 Å². The van der Waals surface area contributed by atoms with E-state index in [9.17, 15) is 0 Å². The molecule has 0 saturated carbocycles. The molecule has 0 aromatic carbocycles. The highest BCUT2D eigenvalue weighted by Gasteiger charge is 2.13. The van der Waals surface area contributed by atoms with Gasteiger partial charge in [0.05, 0.1) is 5.25 Å². The largest absolute Gasteiger partial charge is 0.465 e. The molecule has 0 amide bonds. The Morgan fingerprint density at radius 2 is 2.13 bits per heavy atom. The maximum Gasteiger partial charge on any atom is 0.118 e. The Morgan fingerprint density at radius 3 is 2.60 bits per heavy atom. The fraction of sp³-hybridized carbons (Fsp3) is 0.667. The molecule has 0 fully saturated rings. The van der Waals surface area contributed by atoms with Crippen LogP contribution in [0.5, 0.6) is 0 Å². The molecule has 3 heteroatoms. The van der Waals surface area contributed by atoms with Crippen molar-refractivity contribution in [1.82, 2.24) is 0 Å². The average Bonchev–Trinajstić information content (AvgIpc) is 2.59. The topological polar surface area (TPSA) is 39.2 Å². The van der Waals surface area contributed by atoms with Crippen LogP contribution >= 0.6 is 11.8 Å². The summed E-state index contributed by atoms with van der Waals surface area (Å²) in [5, 5.41) is 0.317. The predicted molar refractivity (Wildman–Crippen MR) is 67.2 cm³/mol. The normalized spacial score (nSPS) is 13.4. The van der Waals surface area contributed by atoms with E-state index < -0.39 is 0 Å². The standard InChI is InChI=1S/C12H21NOS/c1-9(2)6-7-15-12(8-13)11-5-4-10(3)14-11/h4-5,9,12H,6-8,13H2,1-3H3. The van der Waals surface area contributed by atoms with Gasteiger partial charge in [0.1, 0.15) is 11.5 Å². The van der Waals surface area contributed by atoms with E-state index in [0.29, 0.717) is 11.8 Å². The Morgan fingerprint density at radius 1 is 1.40 bits per heavy atom. The predicted octanol–water partition coefficient (Wildman–Crippen LogP) is 3.37. The molecule has 0 bridgehead atoms. The van der Waals surface area contributed by atoms with Gasteiger partial charge in [0, 0.05) is 6.54 Å². The van der Waals surface area contributed by atoms with Crippen LogP contribution in [0, 0.1) is 12.8 Å². The quantitative estimate of drug-likeness (QED) is 0.810. The minimum atomic E-state index is 0.317. The summed E-state index contributed by atoms with van der Waals surface area (Å²) in [6.45, 7) is 7.11. The summed E-state index contributed by atoms with van der Waals surface area (Å²) in [5.41, 5.74) is 5.75. The number of nitrogens with two attached hydrogens (primary N) is 1. The van der Waals surface area contributed by atoms with Crippen molar-refractivity contribution in [2.24, 2.45) is 11.7 Å². The number of rotatable bonds is 6. The van der Waals surface area contributed by atoms with E-state index in [2.05, 4.69) is 13.8 Å². The number of thioether (sulfide) groups is 1. The first kappa shape index (κ1) is 12.7. The lowest BCUT2D eigenvalue weighted by Gasteiger charge is -2.12. The van der Waals surface area contributed by atoms with E-state index in [1.807, 2.05) is 30.8 Å². The van der Waals surface area contributed by atoms with Crippen molar-refractivity contribution < 1.29 is 4.42 Å². The van der Waals surface area contributed by atoms with Crippen molar-refractivity contribution >= 4 is 11.8 Å². The van der Waals surface area contributed by atoms with Crippen LogP contribution in [0.25, 0.3) is 0 Å². The zero-order valence-corrected chi connectivity index (χ0v) is 10.6. The Kier molecular flexibility index (Phi) is 5.26. The second-order valence-corrected chi connectivity index (χ2v) is 5.54. The first-order chi connectivity index (χ1) is 7.13. The van der Waals surface area contributed by atoms with Gasteiger partial charge in [-0.25, -0.2) is 0 Å². The van der Waals surface area contributed by atoms with Gasteiger partial charge in [-0.15, -0.1) is 11.8 Å². The molecular weight excluding hydrogens is 206 g/mol. The van der Waals surface area contributed by atoms with Crippen LogP contribution in [0.1, 0.15) is 37.0 Å². The molecule has 1 aromatic rings. The molecule has 1 heterocycles. The van der Waals surface area contributed by atoms with Crippen molar-refractivity contribution in [3.05, 3.63) is 23.7 Å². The van der Waals surface area contributed by atoms with Crippen molar-refractivity contribution in [3.8, 4) is 0 Å². The number of furan rings is 1. The van der Waals surface area contributed by atoms with E-state index in [0.717, 1.165) is 23.2 Å².